The highest BCUT2D eigenvalue weighted by atomic mass is 35.5. The first-order chi connectivity index (χ1) is 9.12. The van der Waals surface area contributed by atoms with E-state index in [4.69, 9.17) is 20.5 Å². The van der Waals surface area contributed by atoms with Crippen molar-refractivity contribution < 1.29 is 22.1 Å². The molecule has 0 aromatic heterocycles. The molecule has 0 aliphatic rings. The maximum absolute atomic E-state index is 11.4. The molecule has 0 radical (unpaired) electrons. The molecule has 5 nitrogen and oxygen atoms in total. The van der Waals surface area contributed by atoms with Crippen LogP contribution in [0.5, 0.6) is 0 Å². The molecule has 0 spiro atoms. The Kier molecular flexibility index (Phi) is 5.56. The summed E-state index contributed by atoms with van der Waals surface area (Å²) in [7, 11) is -3.66. The van der Waals surface area contributed by atoms with Gasteiger partial charge in [0.2, 0.25) is 0 Å². The second-order valence-electron chi connectivity index (χ2n) is 4.62. The van der Waals surface area contributed by atoms with Crippen molar-refractivity contribution in [3.8, 4) is 0 Å². The van der Waals surface area contributed by atoms with Crippen LogP contribution < -0.4 is 0 Å². The second kappa shape index (κ2) is 6.56. The van der Waals surface area contributed by atoms with Crippen LogP contribution in [0.1, 0.15) is 25.8 Å². The molecule has 0 saturated heterocycles. The number of halogens is 1. The molecular formula is C13H17ClO5S. The molecule has 0 heterocycles. The van der Waals surface area contributed by atoms with E-state index < -0.39 is 21.7 Å². The highest BCUT2D eigenvalue weighted by molar-refractivity contribution is 7.86. The third-order valence-electron chi connectivity index (χ3n) is 2.67. The van der Waals surface area contributed by atoms with Gasteiger partial charge in [0, 0.05) is 18.4 Å². The first kappa shape index (κ1) is 16.9. The number of carbonyl (C=O) groups is 1. The van der Waals surface area contributed by atoms with E-state index in [1.165, 1.54) is 6.92 Å². The fourth-order valence-corrected chi connectivity index (χ4v) is 2.73. The summed E-state index contributed by atoms with van der Waals surface area (Å²) in [6, 6.07) is 6.65. The molecule has 1 aromatic carbocycles. The molecule has 0 bridgehead atoms. The van der Waals surface area contributed by atoms with Crippen molar-refractivity contribution in [2.24, 2.45) is 0 Å². The van der Waals surface area contributed by atoms with Crippen molar-refractivity contribution in [3.63, 3.8) is 0 Å². The minimum absolute atomic E-state index is 0.0595. The van der Waals surface area contributed by atoms with Gasteiger partial charge in [-0.15, -0.1) is 0 Å². The third-order valence-corrected chi connectivity index (χ3v) is 3.60. The topological polar surface area (TPSA) is 69.7 Å². The van der Waals surface area contributed by atoms with Crippen LogP contribution in [0.25, 0.3) is 0 Å². The predicted octanol–water partition coefficient (Wildman–Crippen LogP) is 2.48. The van der Waals surface area contributed by atoms with Crippen LogP contribution in [0.4, 0.5) is 0 Å². The summed E-state index contributed by atoms with van der Waals surface area (Å²) in [4.78, 5) is 10.8. The van der Waals surface area contributed by atoms with Gasteiger partial charge in [-0.3, -0.25) is 8.98 Å². The minimum Gasteiger partial charge on any atom is -0.466 e. The lowest BCUT2D eigenvalue weighted by Crippen LogP contribution is -2.30. The maximum Gasteiger partial charge on any atom is 0.302 e. The van der Waals surface area contributed by atoms with Crippen molar-refractivity contribution in [2.45, 2.75) is 25.9 Å². The molecule has 1 aromatic rings. The first-order valence-electron chi connectivity index (χ1n) is 5.92. The maximum atomic E-state index is 11.4. The minimum atomic E-state index is -3.66. The zero-order chi connectivity index (χ0) is 15.4. The lowest BCUT2D eigenvalue weighted by atomic mass is 9.93. The highest BCUT2D eigenvalue weighted by Gasteiger charge is 2.32. The average Bonchev–Trinajstić information content (AvgIpc) is 2.26. The Morgan fingerprint density at radius 3 is 2.30 bits per heavy atom. The molecule has 0 saturated carbocycles. The third kappa shape index (κ3) is 5.48. The van der Waals surface area contributed by atoms with E-state index in [-0.39, 0.29) is 13.0 Å². The SMILES string of the molecule is CC(=O)OCCC(C)(OS(C)(=O)=O)c1ccc(Cl)cc1. The molecule has 1 unspecified atom stereocenters. The average molecular weight is 321 g/mol. The van der Waals surface area contributed by atoms with Gasteiger partial charge in [0.1, 0.15) is 5.60 Å². The summed E-state index contributed by atoms with van der Waals surface area (Å²) >= 11 is 5.81. The van der Waals surface area contributed by atoms with Gasteiger partial charge in [0.15, 0.2) is 0 Å². The van der Waals surface area contributed by atoms with Crippen LogP contribution in [0.3, 0.4) is 0 Å². The van der Waals surface area contributed by atoms with E-state index in [0.717, 1.165) is 6.26 Å². The molecule has 20 heavy (non-hydrogen) atoms. The number of carbonyl (C=O) groups excluding carboxylic acids is 1. The van der Waals surface area contributed by atoms with E-state index in [2.05, 4.69) is 0 Å². The van der Waals surface area contributed by atoms with Crippen molar-refractivity contribution in [2.75, 3.05) is 12.9 Å². The molecule has 0 aliphatic heterocycles. The normalized spacial score (nSPS) is 14.6. The molecule has 1 rings (SSSR count). The lowest BCUT2D eigenvalue weighted by Gasteiger charge is -2.28. The van der Waals surface area contributed by atoms with Gasteiger partial charge in [0.05, 0.1) is 12.9 Å². The number of hydrogen-bond donors (Lipinski definition) is 0. The van der Waals surface area contributed by atoms with Gasteiger partial charge >= 0.3 is 5.97 Å². The monoisotopic (exact) mass is 320 g/mol. The molecular weight excluding hydrogens is 304 g/mol. The summed E-state index contributed by atoms with van der Waals surface area (Å²) in [5, 5.41) is 0.537. The second-order valence-corrected chi connectivity index (χ2v) is 6.63. The van der Waals surface area contributed by atoms with E-state index in [1.54, 1.807) is 31.2 Å². The van der Waals surface area contributed by atoms with E-state index in [0.29, 0.717) is 10.6 Å². The zero-order valence-electron chi connectivity index (χ0n) is 11.6. The van der Waals surface area contributed by atoms with E-state index >= 15 is 0 Å². The van der Waals surface area contributed by atoms with Gasteiger partial charge in [-0.2, -0.15) is 8.42 Å². The molecule has 7 heteroatoms. The summed E-state index contributed by atoms with van der Waals surface area (Å²) in [6.45, 7) is 2.97. The molecule has 0 aliphatic carbocycles. The summed E-state index contributed by atoms with van der Waals surface area (Å²) in [5.74, 6) is -0.428. The Bertz CT molecular complexity index is 567. The lowest BCUT2D eigenvalue weighted by molar-refractivity contribution is -0.142. The Morgan fingerprint density at radius 1 is 1.30 bits per heavy atom. The smallest absolute Gasteiger partial charge is 0.302 e. The Morgan fingerprint density at radius 2 is 1.85 bits per heavy atom. The summed E-state index contributed by atoms with van der Waals surface area (Å²) < 4.78 is 32.9. The molecule has 0 amide bonds. The predicted molar refractivity (Wildman–Crippen MR) is 76.0 cm³/mol. The standard InChI is InChI=1S/C13H17ClO5S/c1-10(15)18-9-8-13(2,19-20(3,16)17)11-4-6-12(14)7-5-11/h4-7H,8-9H2,1-3H3. The first-order valence-corrected chi connectivity index (χ1v) is 8.12. The number of hydrogen-bond acceptors (Lipinski definition) is 5. The Labute approximate surface area is 124 Å². The van der Waals surface area contributed by atoms with Crippen LogP contribution in [-0.2, 0) is 29.4 Å². The van der Waals surface area contributed by atoms with Gasteiger partial charge in [-0.25, -0.2) is 0 Å². The van der Waals surface area contributed by atoms with E-state index in [9.17, 15) is 13.2 Å². The molecule has 112 valence electrons. The molecule has 0 N–H and O–H groups in total. The Hall–Kier alpha value is -1.11. The van der Waals surface area contributed by atoms with Crippen molar-refractivity contribution in [1.29, 1.82) is 0 Å². The van der Waals surface area contributed by atoms with Gasteiger partial charge in [0.25, 0.3) is 10.1 Å². The van der Waals surface area contributed by atoms with Crippen LogP contribution >= 0.6 is 11.6 Å². The van der Waals surface area contributed by atoms with Crippen LogP contribution in [-0.4, -0.2) is 27.2 Å². The van der Waals surface area contributed by atoms with Crippen molar-refractivity contribution in [1.82, 2.24) is 0 Å². The zero-order valence-corrected chi connectivity index (χ0v) is 13.1. The largest absolute Gasteiger partial charge is 0.466 e. The molecule has 1 atom stereocenters. The van der Waals surface area contributed by atoms with Crippen molar-refractivity contribution in [3.05, 3.63) is 34.9 Å². The van der Waals surface area contributed by atoms with Crippen LogP contribution in [0.2, 0.25) is 5.02 Å². The van der Waals surface area contributed by atoms with Gasteiger partial charge < -0.3 is 4.74 Å². The summed E-state index contributed by atoms with van der Waals surface area (Å²) in [6.07, 6.45) is 1.19. The number of esters is 1. The van der Waals surface area contributed by atoms with Gasteiger partial charge in [-0.1, -0.05) is 23.7 Å². The molecule has 0 fully saturated rings. The number of ether oxygens (including phenoxy) is 1. The fraction of sp³-hybridized carbons (Fsp3) is 0.462. The Balaban J connectivity index is 2.99. The van der Waals surface area contributed by atoms with Crippen molar-refractivity contribution >= 4 is 27.7 Å². The number of benzene rings is 1. The number of rotatable bonds is 6. The fourth-order valence-electron chi connectivity index (χ4n) is 1.76. The quantitative estimate of drug-likeness (QED) is 0.595. The highest BCUT2D eigenvalue weighted by Crippen LogP contribution is 2.31. The van der Waals surface area contributed by atoms with Gasteiger partial charge in [-0.05, 0) is 24.6 Å². The van der Waals surface area contributed by atoms with E-state index in [1.807, 2.05) is 0 Å². The van der Waals surface area contributed by atoms with Crippen LogP contribution in [0.15, 0.2) is 24.3 Å². The summed E-state index contributed by atoms with van der Waals surface area (Å²) in [5.41, 5.74) is -0.479. The van der Waals surface area contributed by atoms with Crippen LogP contribution in [0, 0.1) is 0 Å².